The molecule has 0 bridgehead atoms. The summed E-state index contributed by atoms with van der Waals surface area (Å²) in [4.78, 5) is 42.7. The van der Waals surface area contributed by atoms with Crippen LogP contribution in [0, 0.1) is 20.8 Å². The smallest absolute Gasteiger partial charge is 0.408 e. The van der Waals surface area contributed by atoms with Gasteiger partial charge in [0.1, 0.15) is 23.4 Å². The molecule has 0 spiro atoms. The lowest BCUT2D eigenvalue weighted by atomic mass is 9.94. The number of carbonyl (C=O) groups is 3. The SMILES string of the molecule is Cc1cccc(C(C(=O)Nc2c(C)cccc2Cl)N(CCO)C(=O)C(Cc2ccc(O)cc2)NC(=O)OC(C)(C)C)c1C. The Hall–Kier alpha value is -4.08. The molecule has 4 N–H and O–H groups in total. The second kappa shape index (κ2) is 14.4. The van der Waals surface area contributed by atoms with E-state index in [1.54, 1.807) is 57.2 Å². The van der Waals surface area contributed by atoms with E-state index in [4.69, 9.17) is 16.3 Å². The first kappa shape index (κ1) is 33.4. The number of rotatable bonds is 10. The number of anilines is 1. The van der Waals surface area contributed by atoms with Gasteiger partial charge in [0.05, 0.1) is 17.3 Å². The van der Waals surface area contributed by atoms with Crippen LogP contribution in [0.25, 0.3) is 0 Å². The number of para-hydroxylation sites is 1. The van der Waals surface area contributed by atoms with E-state index >= 15 is 0 Å². The Morgan fingerprint density at radius 1 is 0.953 bits per heavy atom. The number of amides is 3. The van der Waals surface area contributed by atoms with Crippen molar-refractivity contribution in [1.29, 1.82) is 0 Å². The normalized spacial score (nSPS) is 12.7. The Bertz CT molecular complexity index is 1430. The van der Waals surface area contributed by atoms with Crippen LogP contribution in [0.4, 0.5) is 10.5 Å². The van der Waals surface area contributed by atoms with Crippen LogP contribution in [0.2, 0.25) is 5.02 Å². The predicted molar refractivity (Wildman–Crippen MR) is 167 cm³/mol. The van der Waals surface area contributed by atoms with E-state index in [0.717, 1.165) is 16.7 Å². The second-order valence-electron chi connectivity index (χ2n) is 11.4. The summed E-state index contributed by atoms with van der Waals surface area (Å²) in [5, 5.41) is 25.8. The minimum Gasteiger partial charge on any atom is -0.508 e. The quantitative estimate of drug-likeness (QED) is 0.237. The lowest BCUT2D eigenvalue weighted by Gasteiger charge is -2.35. The summed E-state index contributed by atoms with van der Waals surface area (Å²) >= 11 is 6.43. The summed E-state index contributed by atoms with van der Waals surface area (Å²) < 4.78 is 5.44. The number of hydrogen-bond donors (Lipinski definition) is 4. The summed E-state index contributed by atoms with van der Waals surface area (Å²) in [5.41, 5.74) is 3.23. The molecule has 2 atom stereocenters. The highest BCUT2D eigenvalue weighted by atomic mass is 35.5. The molecule has 3 aromatic carbocycles. The minimum atomic E-state index is -1.18. The van der Waals surface area contributed by atoms with Crippen molar-refractivity contribution in [2.24, 2.45) is 0 Å². The highest BCUT2D eigenvalue weighted by Crippen LogP contribution is 2.31. The number of aliphatic hydroxyl groups is 1. The van der Waals surface area contributed by atoms with Crippen LogP contribution in [-0.2, 0) is 20.7 Å². The van der Waals surface area contributed by atoms with Crippen molar-refractivity contribution in [3.8, 4) is 5.75 Å². The molecular weight excluding hydrogens is 570 g/mol. The number of nitrogens with zero attached hydrogens (tertiary/aromatic N) is 1. The van der Waals surface area contributed by atoms with Gasteiger partial charge in [-0.1, -0.05) is 54.1 Å². The van der Waals surface area contributed by atoms with Crippen molar-refractivity contribution in [1.82, 2.24) is 10.2 Å². The van der Waals surface area contributed by atoms with Crippen molar-refractivity contribution in [3.05, 3.63) is 93.5 Å². The lowest BCUT2D eigenvalue weighted by molar-refractivity contribution is -0.141. The molecule has 43 heavy (non-hydrogen) atoms. The molecule has 0 saturated carbocycles. The van der Waals surface area contributed by atoms with Gasteiger partial charge in [-0.3, -0.25) is 9.59 Å². The number of phenols is 1. The van der Waals surface area contributed by atoms with Crippen molar-refractivity contribution in [3.63, 3.8) is 0 Å². The first-order chi connectivity index (χ1) is 20.2. The molecular formula is C33H40ClN3O6. The number of hydrogen-bond acceptors (Lipinski definition) is 6. The van der Waals surface area contributed by atoms with Gasteiger partial charge in [-0.25, -0.2) is 4.79 Å². The number of alkyl carbamates (subject to hydrolysis) is 1. The molecule has 0 aliphatic carbocycles. The molecule has 3 aromatic rings. The van der Waals surface area contributed by atoms with Gasteiger partial charge in [-0.05, 0) is 87.6 Å². The van der Waals surface area contributed by atoms with Crippen LogP contribution >= 0.6 is 11.6 Å². The van der Waals surface area contributed by atoms with Crippen molar-refractivity contribution in [2.45, 2.75) is 65.6 Å². The molecule has 0 aliphatic rings. The van der Waals surface area contributed by atoms with E-state index in [9.17, 15) is 24.6 Å². The number of aromatic hydroxyl groups is 1. The first-order valence-electron chi connectivity index (χ1n) is 14.0. The van der Waals surface area contributed by atoms with E-state index in [-0.39, 0.29) is 18.7 Å². The molecule has 0 aliphatic heterocycles. The van der Waals surface area contributed by atoms with Crippen LogP contribution in [0.3, 0.4) is 0 Å². The molecule has 230 valence electrons. The Morgan fingerprint density at radius 2 is 1.58 bits per heavy atom. The van der Waals surface area contributed by atoms with Crippen LogP contribution in [0.15, 0.2) is 60.7 Å². The number of ether oxygens (including phenoxy) is 1. The number of aliphatic hydroxyl groups excluding tert-OH is 1. The average Bonchev–Trinajstić information content (AvgIpc) is 2.92. The van der Waals surface area contributed by atoms with Crippen molar-refractivity contribution >= 4 is 35.2 Å². The zero-order valence-corrected chi connectivity index (χ0v) is 26.2. The van der Waals surface area contributed by atoms with E-state index in [2.05, 4.69) is 10.6 Å². The first-order valence-corrected chi connectivity index (χ1v) is 14.4. The predicted octanol–water partition coefficient (Wildman–Crippen LogP) is 5.61. The fourth-order valence-corrected chi connectivity index (χ4v) is 4.96. The van der Waals surface area contributed by atoms with E-state index < -0.39 is 42.2 Å². The Morgan fingerprint density at radius 3 is 2.19 bits per heavy atom. The van der Waals surface area contributed by atoms with Crippen LogP contribution in [0.1, 0.15) is 54.6 Å². The monoisotopic (exact) mass is 609 g/mol. The molecule has 0 fully saturated rings. The van der Waals surface area contributed by atoms with Crippen molar-refractivity contribution in [2.75, 3.05) is 18.5 Å². The lowest BCUT2D eigenvalue weighted by Crippen LogP contribution is -2.54. The zero-order valence-electron chi connectivity index (χ0n) is 25.4. The third-order valence-corrected chi connectivity index (χ3v) is 7.28. The average molecular weight is 610 g/mol. The number of carbonyl (C=O) groups excluding carboxylic acids is 3. The van der Waals surface area contributed by atoms with Gasteiger partial charge < -0.3 is 30.5 Å². The third kappa shape index (κ3) is 8.95. The number of halogens is 1. The molecule has 0 saturated heterocycles. The molecule has 9 nitrogen and oxygen atoms in total. The van der Waals surface area contributed by atoms with Crippen molar-refractivity contribution < 1.29 is 29.3 Å². The summed E-state index contributed by atoms with van der Waals surface area (Å²) in [6, 6.07) is 14.6. The maximum atomic E-state index is 14.4. The van der Waals surface area contributed by atoms with Gasteiger partial charge >= 0.3 is 6.09 Å². The molecule has 0 radical (unpaired) electrons. The number of benzene rings is 3. The van der Waals surface area contributed by atoms with Crippen LogP contribution in [0.5, 0.6) is 5.75 Å². The fraction of sp³-hybridized carbons (Fsp3) is 0.364. The molecule has 3 amide bonds. The molecule has 0 heterocycles. The zero-order chi connectivity index (χ0) is 31.9. The van der Waals surface area contributed by atoms with Crippen LogP contribution in [-0.4, -0.2) is 57.8 Å². The Labute approximate surface area is 257 Å². The standard InChI is InChI=1S/C33H40ClN3O6/c1-20-9-7-11-25(22(20)3)29(30(40)36-28-21(2)10-8-12-26(28)34)37(17-18-38)31(41)27(35-32(42)43-33(4,5)6)19-23-13-15-24(39)16-14-23/h7-16,27,29,38-39H,17-19H2,1-6H3,(H,35,42)(H,36,40). The van der Waals surface area contributed by atoms with E-state index in [0.29, 0.717) is 21.8 Å². The van der Waals surface area contributed by atoms with Gasteiger partial charge in [-0.2, -0.15) is 0 Å². The van der Waals surface area contributed by atoms with Gasteiger partial charge in [0.25, 0.3) is 5.91 Å². The molecule has 3 rings (SSSR count). The van der Waals surface area contributed by atoms with E-state index in [1.165, 1.54) is 17.0 Å². The van der Waals surface area contributed by atoms with E-state index in [1.807, 2.05) is 32.9 Å². The van der Waals surface area contributed by atoms with Gasteiger partial charge in [0.15, 0.2) is 0 Å². The maximum Gasteiger partial charge on any atom is 0.408 e. The maximum absolute atomic E-state index is 14.4. The fourth-order valence-electron chi connectivity index (χ4n) is 4.69. The number of nitrogens with one attached hydrogen (secondary N) is 2. The van der Waals surface area contributed by atoms with Crippen LogP contribution < -0.4 is 10.6 Å². The second-order valence-corrected chi connectivity index (χ2v) is 11.8. The Kier molecular flexibility index (Phi) is 11.2. The highest BCUT2D eigenvalue weighted by molar-refractivity contribution is 6.34. The molecule has 2 unspecified atom stereocenters. The largest absolute Gasteiger partial charge is 0.508 e. The molecule has 0 aromatic heterocycles. The summed E-state index contributed by atoms with van der Waals surface area (Å²) in [5.74, 6) is -1.09. The molecule has 10 heteroatoms. The summed E-state index contributed by atoms with van der Waals surface area (Å²) in [6.45, 7) is 10.1. The summed E-state index contributed by atoms with van der Waals surface area (Å²) in [7, 11) is 0. The van der Waals surface area contributed by atoms with Gasteiger partial charge in [0.2, 0.25) is 5.91 Å². The summed E-state index contributed by atoms with van der Waals surface area (Å²) in [6.07, 6.45) is -0.779. The third-order valence-electron chi connectivity index (χ3n) is 6.96. The van der Waals surface area contributed by atoms with Gasteiger partial charge in [0, 0.05) is 13.0 Å². The topological polar surface area (TPSA) is 128 Å². The number of phenolic OH excluding ortho intramolecular Hbond substituents is 1. The minimum absolute atomic E-state index is 0.0328. The van der Waals surface area contributed by atoms with Gasteiger partial charge in [-0.15, -0.1) is 0 Å². The highest BCUT2D eigenvalue weighted by Gasteiger charge is 2.37. The Balaban J connectivity index is 2.11. The number of aryl methyl sites for hydroxylation is 2.